The van der Waals surface area contributed by atoms with Crippen LogP contribution in [-0.4, -0.2) is 13.2 Å². The summed E-state index contributed by atoms with van der Waals surface area (Å²) < 4.78 is 24.8. The molecule has 23 heavy (non-hydrogen) atoms. The third kappa shape index (κ3) is 5.00. The lowest BCUT2D eigenvalue weighted by atomic mass is 9.95. The zero-order chi connectivity index (χ0) is 16.5. The summed E-state index contributed by atoms with van der Waals surface area (Å²) in [6.45, 7) is 3.01. The van der Waals surface area contributed by atoms with E-state index in [4.69, 9.17) is 9.47 Å². The Bertz CT molecular complexity index is 666. The number of hydrogen-bond donors (Lipinski definition) is 0. The first-order valence-corrected chi connectivity index (χ1v) is 7.74. The summed E-state index contributed by atoms with van der Waals surface area (Å²) in [6.07, 6.45) is 1.23. The fourth-order valence-electron chi connectivity index (χ4n) is 2.35. The van der Waals surface area contributed by atoms with Crippen molar-refractivity contribution in [2.24, 2.45) is 0 Å². The molecule has 0 aliphatic heterocycles. The van der Waals surface area contributed by atoms with Gasteiger partial charge < -0.3 is 9.47 Å². The molecule has 120 valence electrons. The topological polar surface area (TPSA) is 42.2 Å². The predicted octanol–water partition coefficient (Wildman–Crippen LogP) is 4.69. The van der Waals surface area contributed by atoms with Crippen LogP contribution in [0.5, 0.6) is 11.5 Å². The minimum absolute atomic E-state index is 0.329. The first-order chi connectivity index (χ1) is 11.2. The van der Waals surface area contributed by atoms with Crippen LogP contribution in [0.1, 0.15) is 31.2 Å². The Morgan fingerprint density at radius 3 is 2.52 bits per heavy atom. The third-order valence-electron chi connectivity index (χ3n) is 3.46. The SMILES string of the molecule is CCOc1cccc(OCCCC(C#N)c2ccccc2F)c1. The van der Waals surface area contributed by atoms with Crippen LogP contribution in [0.2, 0.25) is 0 Å². The number of nitrogens with zero attached hydrogens (tertiary/aromatic N) is 1. The molecule has 0 aromatic heterocycles. The lowest BCUT2D eigenvalue weighted by Crippen LogP contribution is -2.04. The van der Waals surface area contributed by atoms with Gasteiger partial charge in [-0.25, -0.2) is 4.39 Å². The van der Waals surface area contributed by atoms with Gasteiger partial charge in [-0.05, 0) is 38.0 Å². The van der Waals surface area contributed by atoms with E-state index < -0.39 is 5.92 Å². The Morgan fingerprint density at radius 2 is 1.83 bits per heavy atom. The van der Waals surface area contributed by atoms with E-state index in [-0.39, 0.29) is 5.82 Å². The van der Waals surface area contributed by atoms with Crippen LogP contribution in [0.15, 0.2) is 48.5 Å². The van der Waals surface area contributed by atoms with Crippen molar-refractivity contribution in [3.63, 3.8) is 0 Å². The van der Waals surface area contributed by atoms with Gasteiger partial charge in [0.25, 0.3) is 0 Å². The highest BCUT2D eigenvalue weighted by Gasteiger charge is 2.14. The van der Waals surface area contributed by atoms with Gasteiger partial charge in [-0.15, -0.1) is 0 Å². The average Bonchev–Trinajstić information content (AvgIpc) is 2.57. The lowest BCUT2D eigenvalue weighted by Gasteiger charge is -2.11. The van der Waals surface area contributed by atoms with E-state index >= 15 is 0 Å². The van der Waals surface area contributed by atoms with Crippen molar-refractivity contribution in [2.75, 3.05) is 13.2 Å². The van der Waals surface area contributed by atoms with Crippen LogP contribution in [-0.2, 0) is 0 Å². The normalized spacial score (nSPS) is 11.5. The first kappa shape index (κ1) is 16.8. The molecule has 0 fully saturated rings. The van der Waals surface area contributed by atoms with Gasteiger partial charge >= 0.3 is 0 Å². The van der Waals surface area contributed by atoms with Crippen LogP contribution in [0.3, 0.4) is 0 Å². The number of hydrogen-bond acceptors (Lipinski definition) is 3. The Labute approximate surface area is 136 Å². The maximum absolute atomic E-state index is 13.7. The molecule has 0 radical (unpaired) electrons. The Morgan fingerprint density at radius 1 is 1.09 bits per heavy atom. The number of halogens is 1. The van der Waals surface area contributed by atoms with Gasteiger partial charge in [-0.1, -0.05) is 24.3 Å². The van der Waals surface area contributed by atoms with E-state index in [1.807, 2.05) is 31.2 Å². The second kappa shape index (κ2) is 8.79. The van der Waals surface area contributed by atoms with Crippen molar-refractivity contribution in [1.29, 1.82) is 5.26 Å². The van der Waals surface area contributed by atoms with Gasteiger partial charge in [0.1, 0.15) is 17.3 Å². The molecule has 0 spiro atoms. The molecule has 0 amide bonds. The van der Waals surface area contributed by atoms with Crippen LogP contribution in [0, 0.1) is 17.1 Å². The van der Waals surface area contributed by atoms with Crippen molar-refractivity contribution in [3.05, 3.63) is 59.9 Å². The largest absolute Gasteiger partial charge is 0.494 e. The Kier molecular flexibility index (Phi) is 6.43. The molecule has 3 nitrogen and oxygen atoms in total. The van der Waals surface area contributed by atoms with Gasteiger partial charge in [0.2, 0.25) is 0 Å². The van der Waals surface area contributed by atoms with Crippen molar-refractivity contribution in [2.45, 2.75) is 25.7 Å². The average molecular weight is 313 g/mol. The van der Waals surface area contributed by atoms with Gasteiger partial charge in [0.05, 0.1) is 25.2 Å². The fourth-order valence-corrected chi connectivity index (χ4v) is 2.35. The third-order valence-corrected chi connectivity index (χ3v) is 3.46. The molecule has 0 saturated carbocycles. The second-order valence-electron chi connectivity index (χ2n) is 5.10. The number of nitriles is 1. The molecule has 1 atom stereocenters. The monoisotopic (exact) mass is 313 g/mol. The molecule has 0 aliphatic rings. The van der Waals surface area contributed by atoms with Gasteiger partial charge in [-0.2, -0.15) is 5.26 Å². The zero-order valence-corrected chi connectivity index (χ0v) is 13.2. The molecule has 0 saturated heterocycles. The van der Waals surface area contributed by atoms with E-state index in [1.165, 1.54) is 6.07 Å². The van der Waals surface area contributed by atoms with E-state index in [0.29, 0.717) is 31.6 Å². The molecule has 2 aromatic rings. The fraction of sp³-hybridized carbons (Fsp3) is 0.316. The smallest absolute Gasteiger partial charge is 0.127 e. The molecule has 2 aromatic carbocycles. The summed E-state index contributed by atoms with van der Waals surface area (Å²) in [5, 5.41) is 9.24. The number of benzene rings is 2. The minimum Gasteiger partial charge on any atom is -0.494 e. The molecule has 0 bridgehead atoms. The molecular formula is C19H20FNO2. The molecule has 2 rings (SSSR count). The zero-order valence-electron chi connectivity index (χ0n) is 13.2. The maximum atomic E-state index is 13.7. The Balaban J connectivity index is 1.84. The molecular weight excluding hydrogens is 293 g/mol. The highest BCUT2D eigenvalue weighted by Crippen LogP contribution is 2.24. The summed E-state index contributed by atoms with van der Waals surface area (Å²) in [5.74, 6) is 0.723. The Hall–Kier alpha value is -2.54. The van der Waals surface area contributed by atoms with Crippen LogP contribution >= 0.6 is 0 Å². The highest BCUT2D eigenvalue weighted by atomic mass is 19.1. The van der Waals surface area contributed by atoms with Crippen LogP contribution < -0.4 is 9.47 Å². The van der Waals surface area contributed by atoms with E-state index in [9.17, 15) is 9.65 Å². The van der Waals surface area contributed by atoms with Crippen LogP contribution in [0.25, 0.3) is 0 Å². The molecule has 0 N–H and O–H groups in total. The minimum atomic E-state index is -0.449. The second-order valence-corrected chi connectivity index (χ2v) is 5.10. The quantitative estimate of drug-likeness (QED) is 0.664. The number of rotatable bonds is 8. The summed E-state index contributed by atoms with van der Waals surface area (Å²) >= 11 is 0. The lowest BCUT2D eigenvalue weighted by molar-refractivity contribution is 0.298. The number of ether oxygens (including phenoxy) is 2. The summed E-state index contributed by atoms with van der Waals surface area (Å²) in [4.78, 5) is 0. The van der Waals surface area contributed by atoms with Crippen molar-refractivity contribution < 1.29 is 13.9 Å². The molecule has 0 aliphatic carbocycles. The molecule has 0 heterocycles. The van der Waals surface area contributed by atoms with Gasteiger partial charge in [0.15, 0.2) is 0 Å². The highest BCUT2D eigenvalue weighted by molar-refractivity contribution is 5.33. The van der Waals surface area contributed by atoms with E-state index in [1.54, 1.807) is 18.2 Å². The predicted molar refractivity (Wildman–Crippen MR) is 87.1 cm³/mol. The standard InChI is InChI=1S/C19H20FNO2/c1-2-22-16-8-5-9-17(13-16)23-12-6-7-15(14-21)18-10-3-4-11-19(18)20/h3-5,8-11,13,15H,2,6-7,12H2,1H3. The molecule has 1 unspecified atom stereocenters. The van der Waals surface area contributed by atoms with E-state index in [2.05, 4.69) is 6.07 Å². The van der Waals surface area contributed by atoms with E-state index in [0.717, 1.165) is 11.5 Å². The van der Waals surface area contributed by atoms with Gasteiger partial charge in [0, 0.05) is 11.6 Å². The summed E-state index contributed by atoms with van der Waals surface area (Å²) in [6, 6.07) is 16.0. The molecule has 4 heteroatoms. The van der Waals surface area contributed by atoms with Crippen LogP contribution in [0.4, 0.5) is 4.39 Å². The summed E-state index contributed by atoms with van der Waals surface area (Å²) in [5.41, 5.74) is 0.452. The van der Waals surface area contributed by atoms with Crippen molar-refractivity contribution in [3.8, 4) is 17.6 Å². The van der Waals surface area contributed by atoms with Gasteiger partial charge in [-0.3, -0.25) is 0 Å². The summed E-state index contributed by atoms with van der Waals surface area (Å²) in [7, 11) is 0. The first-order valence-electron chi connectivity index (χ1n) is 7.74. The van der Waals surface area contributed by atoms with Crippen molar-refractivity contribution in [1.82, 2.24) is 0 Å². The van der Waals surface area contributed by atoms with Crippen molar-refractivity contribution >= 4 is 0 Å². The maximum Gasteiger partial charge on any atom is 0.127 e.